The van der Waals surface area contributed by atoms with E-state index in [2.05, 4.69) is 266 Å². The van der Waals surface area contributed by atoms with Crippen LogP contribution in [0, 0.1) is 6.92 Å². The number of fused-ring (bicyclic) bond motifs is 6. The van der Waals surface area contributed by atoms with Crippen molar-refractivity contribution in [1.29, 1.82) is 0 Å². The number of nitrogens with zero attached hydrogens (tertiary/aromatic N) is 2. The van der Waals surface area contributed by atoms with Gasteiger partial charge in [0.05, 0.1) is 22.1 Å². The second-order valence-corrected chi connectivity index (χ2v) is 17.4. The maximum absolute atomic E-state index is 2.52. The molecule has 65 heavy (non-hydrogen) atoms. The van der Waals surface area contributed by atoms with Gasteiger partial charge in [0, 0.05) is 43.9 Å². The second-order valence-electron chi connectivity index (χ2n) is 17.4. The quantitative estimate of drug-likeness (QED) is 0.135. The maximum Gasteiger partial charge on any atom is 0.0622 e. The summed E-state index contributed by atoms with van der Waals surface area (Å²) in [6, 6.07) is 89.2. The highest BCUT2D eigenvalue weighted by atomic mass is 15.0. The Hall–Kier alpha value is -8.20. The van der Waals surface area contributed by atoms with E-state index in [0.717, 1.165) is 11.4 Å². The predicted octanol–water partition coefficient (Wildman–Crippen LogP) is 16.5. The molecular formula is C63H46N2. The molecule has 12 rings (SSSR count). The van der Waals surface area contributed by atoms with Crippen LogP contribution in [0.3, 0.4) is 0 Å². The minimum Gasteiger partial charge on any atom is -0.309 e. The van der Waals surface area contributed by atoms with Gasteiger partial charge in [-0.1, -0.05) is 206 Å². The van der Waals surface area contributed by atoms with Crippen LogP contribution in [0.1, 0.15) is 29.2 Å². The minimum atomic E-state index is -0.640. The predicted molar refractivity (Wildman–Crippen MR) is 275 cm³/mol. The van der Waals surface area contributed by atoms with Crippen molar-refractivity contribution in [1.82, 2.24) is 9.13 Å². The van der Waals surface area contributed by atoms with Crippen molar-refractivity contribution in [3.05, 3.63) is 265 Å². The third-order valence-corrected chi connectivity index (χ3v) is 13.8. The van der Waals surface area contributed by atoms with E-state index >= 15 is 0 Å². The molecule has 10 aromatic carbocycles. The fourth-order valence-electron chi connectivity index (χ4n) is 10.8. The van der Waals surface area contributed by atoms with Gasteiger partial charge in [0.25, 0.3) is 0 Å². The molecule has 0 spiro atoms. The van der Waals surface area contributed by atoms with Gasteiger partial charge in [-0.05, 0) is 100 Å². The number of aromatic nitrogens is 2. The van der Waals surface area contributed by atoms with Crippen LogP contribution in [0.2, 0.25) is 0 Å². The van der Waals surface area contributed by atoms with Crippen molar-refractivity contribution in [3.63, 3.8) is 0 Å². The van der Waals surface area contributed by atoms with Crippen LogP contribution in [0.4, 0.5) is 0 Å². The fraction of sp³-hybridized carbons (Fsp3) is 0.0476. The van der Waals surface area contributed by atoms with E-state index in [9.17, 15) is 0 Å². The molecule has 308 valence electrons. The zero-order valence-corrected chi connectivity index (χ0v) is 36.5. The maximum atomic E-state index is 2.52. The molecule has 0 aliphatic heterocycles. The third-order valence-electron chi connectivity index (χ3n) is 13.8. The topological polar surface area (TPSA) is 9.86 Å². The zero-order chi connectivity index (χ0) is 43.5. The highest BCUT2D eigenvalue weighted by molar-refractivity contribution is 6.15. The lowest BCUT2D eigenvalue weighted by Crippen LogP contribution is -2.28. The zero-order valence-electron chi connectivity index (χ0n) is 36.5. The molecule has 2 heterocycles. The summed E-state index contributed by atoms with van der Waals surface area (Å²) in [6.45, 7) is 4.78. The Morgan fingerprint density at radius 3 is 1.25 bits per heavy atom. The highest BCUT2D eigenvalue weighted by Gasteiger charge is 2.39. The van der Waals surface area contributed by atoms with Crippen LogP contribution < -0.4 is 0 Å². The van der Waals surface area contributed by atoms with E-state index in [1.807, 2.05) is 0 Å². The monoisotopic (exact) mass is 830 g/mol. The van der Waals surface area contributed by atoms with Gasteiger partial charge < -0.3 is 9.13 Å². The Kier molecular flexibility index (Phi) is 9.21. The van der Waals surface area contributed by atoms with Gasteiger partial charge in [-0.15, -0.1) is 0 Å². The number of hydrogen-bond acceptors (Lipinski definition) is 0. The molecule has 0 amide bonds. The fourth-order valence-corrected chi connectivity index (χ4v) is 10.8. The summed E-state index contributed by atoms with van der Waals surface area (Å²) in [7, 11) is 0. The van der Waals surface area contributed by atoms with E-state index < -0.39 is 5.41 Å². The average Bonchev–Trinajstić information content (AvgIpc) is 3.90. The van der Waals surface area contributed by atoms with Gasteiger partial charge >= 0.3 is 0 Å². The van der Waals surface area contributed by atoms with Crippen molar-refractivity contribution in [2.24, 2.45) is 0 Å². The molecule has 0 saturated carbocycles. The Morgan fingerprint density at radius 2 is 0.723 bits per heavy atom. The highest BCUT2D eigenvalue weighted by Crippen LogP contribution is 2.52. The van der Waals surface area contributed by atoms with E-state index in [0.29, 0.717) is 0 Å². The van der Waals surface area contributed by atoms with Crippen LogP contribution in [-0.2, 0) is 5.41 Å². The molecule has 0 saturated heterocycles. The number of benzene rings is 10. The lowest BCUT2D eigenvalue weighted by Gasteiger charge is -2.36. The van der Waals surface area contributed by atoms with E-state index in [-0.39, 0.29) is 0 Å². The summed E-state index contributed by atoms with van der Waals surface area (Å²) in [6.07, 6.45) is 0. The van der Waals surface area contributed by atoms with Crippen LogP contribution in [0.5, 0.6) is 0 Å². The number of rotatable bonds is 8. The Balaban J connectivity index is 1.20. The first kappa shape index (κ1) is 38.5. The normalized spacial score (nSPS) is 12.6. The summed E-state index contributed by atoms with van der Waals surface area (Å²) in [5.74, 6) is 0. The van der Waals surface area contributed by atoms with Gasteiger partial charge in [0.15, 0.2) is 0 Å². The second kappa shape index (κ2) is 15.6. The standard InChI is InChI=1S/C63H46N2/c1-43-31-40-55-53-28-16-18-30-58(53)65(51-38-34-47(35-39-51)45-21-9-4-10-22-45)62(55)60(43)63(2,49-25-13-6-14-26-49)56-42-41-54-52-27-15-17-29-57(52)64(61(54)59(56)48-23-11-5-12-24-48)50-36-32-46(33-37-50)44-19-7-3-8-20-44/h3-42H,1-2H3. The molecule has 0 aliphatic carbocycles. The first-order chi connectivity index (χ1) is 32.1. The van der Waals surface area contributed by atoms with Crippen molar-refractivity contribution >= 4 is 43.6 Å². The van der Waals surface area contributed by atoms with Gasteiger partial charge in [0.2, 0.25) is 0 Å². The smallest absolute Gasteiger partial charge is 0.0622 e. The molecule has 0 bridgehead atoms. The average molecular weight is 831 g/mol. The molecule has 1 unspecified atom stereocenters. The molecule has 0 aliphatic rings. The largest absolute Gasteiger partial charge is 0.309 e. The number of hydrogen-bond donors (Lipinski definition) is 0. The van der Waals surface area contributed by atoms with E-state index in [1.54, 1.807) is 0 Å². The molecule has 0 fully saturated rings. The number of para-hydroxylation sites is 2. The SMILES string of the molecule is Cc1ccc2c3ccccc3n(-c3ccc(-c4ccccc4)cc3)c2c1C(C)(c1ccccc1)c1ccc2c3ccccc3n(-c3ccc(-c4ccccc4)cc3)c2c1-c1ccccc1. The summed E-state index contributed by atoms with van der Waals surface area (Å²) >= 11 is 0. The summed E-state index contributed by atoms with van der Waals surface area (Å²) < 4.78 is 5.03. The molecular weight excluding hydrogens is 785 g/mol. The van der Waals surface area contributed by atoms with Gasteiger partial charge in [-0.2, -0.15) is 0 Å². The van der Waals surface area contributed by atoms with Crippen molar-refractivity contribution in [2.45, 2.75) is 19.3 Å². The summed E-state index contributed by atoms with van der Waals surface area (Å²) in [5.41, 5.74) is 18.7. The Morgan fingerprint density at radius 1 is 0.323 bits per heavy atom. The Bertz CT molecular complexity index is 3680. The van der Waals surface area contributed by atoms with Crippen LogP contribution in [0.15, 0.2) is 243 Å². The first-order valence-corrected chi connectivity index (χ1v) is 22.6. The van der Waals surface area contributed by atoms with Crippen LogP contribution in [-0.4, -0.2) is 9.13 Å². The molecule has 0 N–H and O–H groups in total. The number of aryl methyl sites for hydroxylation is 1. The Labute approximate surface area is 379 Å². The van der Waals surface area contributed by atoms with Gasteiger partial charge in [-0.25, -0.2) is 0 Å². The summed E-state index contributed by atoms with van der Waals surface area (Å²) in [4.78, 5) is 0. The van der Waals surface area contributed by atoms with Crippen molar-refractivity contribution in [2.75, 3.05) is 0 Å². The molecule has 2 nitrogen and oxygen atoms in total. The first-order valence-electron chi connectivity index (χ1n) is 22.6. The van der Waals surface area contributed by atoms with Crippen LogP contribution >= 0.6 is 0 Å². The molecule has 0 radical (unpaired) electrons. The molecule has 12 aromatic rings. The van der Waals surface area contributed by atoms with E-state index in [1.165, 1.54) is 99.2 Å². The lowest BCUT2D eigenvalue weighted by molar-refractivity contribution is 0.693. The van der Waals surface area contributed by atoms with Gasteiger partial charge in [0.1, 0.15) is 0 Å². The molecule has 2 heteroatoms. The minimum absolute atomic E-state index is 0.640. The summed E-state index contributed by atoms with van der Waals surface area (Å²) in [5, 5.41) is 4.94. The lowest BCUT2D eigenvalue weighted by atomic mass is 9.67. The van der Waals surface area contributed by atoms with E-state index in [4.69, 9.17) is 0 Å². The van der Waals surface area contributed by atoms with Gasteiger partial charge in [-0.3, -0.25) is 0 Å². The van der Waals surface area contributed by atoms with Crippen molar-refractivity contribution < 1.29 is 0 Å². The van der Waals surface area contributed by atoms with Crippen LogP contribution in [0.25, 0.3) is 88.4 Å². The van der Waals surface area contributed by atoms with Crippen molar-refractivity contribution in [3.8, 4) is 44.8 Å². The molecule has 1 atom stereocenters. The molecule has 2 aromatic heterocycles. The third kappa shape index (κ3) is 6.17.